The van der Waals surface area contributed by atoms with Crippen molar-refractivity contribution in [3.63, 3.8) is 0 Å². The van der Waals surface area contributed by atoms with Crippen LogP contribution in [0.4, 0.5) is 23.1 Å². The van der Waals surface area contributed by atoms with Gasteiger partial charge in [-0.2, -0.15) is 4.98 Å². The van der Waals surface area contributed by atoms with Crippen LogP contribution in [0.2, 0.25) is 0 Å². The van der Waals surface area contributed by atoms with Gasteiger partial charge in [-0.3, -0.25) is 0 Å². The summed E-state index contributed by atoms with van der Waals surface area (Å²) in [6.07, 6.45) is 1.05. The fraction of sp³-hybridized carbons (Fsp3) is 0.273. The molecule has 0 aliphatic carbocycles. The van der Waals surface area contributed by atoms with Gasteiger partial charge in [0.15, 0.2) is 0 Å². The van der Waals surface area contributed by atoms with Crippen LogP contribution < -0.4 is 15.4 Å². The third-order valence-corrected chi connectivity index (χ3v) is 4.01. The minimum Gasteiger partial charge on any atom is -0.489 e. The molecule has 5 heteroatoms. The Morgan fingerprint density at radius 2 is 1.63 bits per heavy atom. The van der Waals surface area contributed by atoms with Gasteiger partial charge in [-0.15, -0.1) is 0 Å². The van der Waals surface area contributed by atoms with E-state index in [1.807, 2.05) is 63.2 Å². The molecule has 0 aliphatic rings. The highest BCUT2D eigenvalue weighted by molar-refractivity contribution is 5.65. The van der Waals surface area contributed by atoms with Crippen LogP contribution in [0.5, 0.6) is 5.75 Å². The number of benzene rings is 2. The lowest BCUT2D eigenvalue weighted by Crippen LogP contribution is -2.08. The lowest BCUT2D eigenvalue weighted by Gasteiger charge is -2.16. The average molecular weight is 362 g/mol. The number of hydrogen-bond acceptors (Lipinski definition) is 5. The first-order chi connectivity index (χ1) is 13.0. The topological polar surface area (TPSA) is 59.1 Å². The van der Waals surface area contributed by atoms with Gasteiger partial charge in [-0.1, -0.05) is 37.3 Å². The second-order valence-electron chi connectivity index (χ2n) is 6.64. The van der Waals surface area contributed by atoms with E-state index in [1.165, 1.54) is 5.56 Å². The molecule has 2 N–H and O–H groups in total. The first-order valence-corrected chi connectivity index (χ1v) is 9.28. The minimum atomic E-state index is 0.0918. The van der Waals surface area contributed by atoms with Crippen LogP contribution in [0.25, 0.3) is 0 Å². The number of ether oxygens (including phenoxy) is 1. The van der Waals surface area contributed by atoms with Gasteiger partial charge in [0.2, 0.25) is 5.95 Å². The Morgan fingerprint density at radius 3 is 2.37 bits per heavy atom. The molecule has 3 aromatic rings. The quantitative estimate of drug-likeness (QED) is 0.571. The van der Waals surface area contributed by atoms with Gasteiger partial charge in [-0.05, 0) is 51.0 Å². The summed E-state index contributed by atoms with van der Waals surface area (Å²) in [4.78, 5) is 9.15. The number of nitrogens with one attached hydrogen (secondary N) is 2. The molecular weight excluding hydrogens is 336 g/mol. The van der Waals surface area contributed by atoms with E-state index in [0.29, 0.717) is 5.95 Å². The highest BCUT2D eigenvalue weighted by Crippen LogP contribution is 2.28. The SMILES string of the molecule is CCc1ccccc1Nc1cc(C)nc(Nc2ccccc2OC(C)C)n1. The van der Waals surface area contributed by atoms with Crippen LogP contribution >= 0.6 is 0 Å². The van der Waals surface area contributed by atoms with Crippen LogP contribution in [0.1, 0.15) is 32.0 Å². The Balaban J connectivity index is 1.86. The smallest absolute Gasteiger partial charge is 0.229 e. The van der Waals surface area contributed by atoms with Gasteiger partial charge in [-0.25, -0.2) is 4.98 Å². The number of rotatable bonds is 7. The summed E-state index contributed by atoms with van der Waals surface area (Å²) >= 11 is 0. The Morgan fingerprint density at radius 1 is 0.926 bits per heavy atom. The molecule has 140 valence electrons. The van der Waals surface area contributed by atoms with Crippen molar-refractivity contribution >= 4 is 23.1 Å². The minimum absolute atomic E-state index is 0.0918. The number of aromatic nitrogens is 2. The summed E-state index contributed by atoms with van der Waals surface area (Å²) in [5.74, 6) is 2.07. The third kappa shape index (κ3) is 4.97. The molecule has 0 saturated carbocycles. The highest BCUT2D eigenvalue weighted by Gasteiger charge is 2.09. The molecule has 0 atom stereocenters. The number of aryl methyl sites for hydroxylation is 2. The summed E-state index contributed by atoms with van der Waals surface area (Å²) in [6.45, 7) is 8.12. The normalized spacial score (nSPS) is 10.7. The molecule has 0 spiro atoms. The van der Waals surface area contributed by atoms with E-state index in [9.17, 15) is 0 Å². The van der Waals surface area contributed by atoms with Crippen LogP contribution in [0.3, 0.4) is 0 Å². The molecule has 5 nitrogen and oxygen atoms in total. The molecule has 2 aromatic carbocycles. The second-order valence-corrected chi connectivity index (χ2v) is 6.64. The zero-order chi connectivity index (χ0) is 19.2. The van der Waals surface area contributed by atoms with Crippen LogP contribution in [0.15, 0.2) is 54.6 Å². The molecule has 0 unspecified atom stereocenters. The monoisotopic (exact) mass is 362 g/mol. The second kappa shape index (κ2) is 8.54. The summed E-state index contributed by atoms with van der Waals surface area (Å²) in [5, 5.41) is 6.70. The summed E-state index contributed by atoms with van der Waals surface area (Å²) in [5.41, 5.74) is 4.04. The van der Waals surface area contributed by atoms with Crippen LogP contribution in [0, 0.1) is 6.92 Å². The molecule has 1 aromatic heterocycles. The molecule has 27 heavy (non-hydrogen) atoms. The molecular formula is C22H26N4O. The standard InChI is InChI=1S/C22H26N4O/c1-5-17-10-6-7-11-18(17)24-21-14-16(4)23-22(26-21)25-19-12-8-9-13-20(19)27-15(2)3/h6-15H,5H2,1-4H3,(H2,23,24,25,26). The Hall–Kier alpha value is -3.08. The van der Waals surface area contributed by atoms with E-state index in [0.717, 1.165) is 35.1 Å². The predicted molar refractivity (Wildman–Crippen MR) is 111 cm³/mol. The van der Waals surface area contributed by atoms with Gasteiger partial charge in [0.25, 0.3) is 0 Å². The van der Waals surface area contributed by atoms with Gasteiger partial charge in [0.05, 0.1) is 11.8 Å². The Labute approximate surface area is 160 Å². The molecule has 0 radical (unpaired) electrons. The molecule has 0 bridgehead atoms. The van der Waals surface area contributed by atoms with Crippen molar-refractivity contribution in [2.75, 3.05) is 10.6 Å². The molecule has 0 fully saturated rings. The third-order valence-electron chi connectivity index (χ3n) is 4.01. The van der Waals surface area contributed by atoms with E-state index in [4.69, 9.17) is 4.74 Å². The van der Waals surface area contributed by atoms with Crippen molar-refractivity contribution in [2.45, 2.75) is 40.2 Å². The maximum atomic E-state index is 5.87. The fourth-order valence-corrected chi connectivity index (χ4v) is 2.82. The number of para-hydroxylation sites is 3. The van der Waals surface area contributed by atoms with Gasteiger partial charge >= 0.3 is 0 Å². The van der Waals surface area contributed by atoms with Crippen molar-refractivity contribution in [3.05, 3.63) is 65.9 Å². The zero-order valence-electron chi connectivity index (χ0n) is 16.3. The van der Waals surface area contributed by atoms with E-state index in [2.05, 4.69) is 39.7 Å². The summed E-state index contributed by atoms with van der Waals surface area (Å²) < 4.78 is 5.87. The summed E-state index contributed by atoms with van der Waals surface area (Å²) in [7, 11) is 0. The average Bonchev–Trinajstić information content (AvgIpc) is 2.63. The lowest BCUT2D eigenvalue weighted by atomic mass is 10.1. The fourth-order valence-electron chi connectivity index (χ4n) is 2.82. The van der Waals surface area contributed by atoms with Gasteiger partial charge < -0.3 is 15.4 Å². The van der Waals surface area contributed by atoms with E-state index in [1.54, 1.807) is 0 Å². The van der Waals surface area contributed by atoms with Crippen LogP contribution in [-0.2, 0) is 6.42 Å². The first kappa shape index (κ1) is 18.7. The van der Waals surface area contributed by atoms with Crippen molar-refractivity contribution in [3.8, 4) is 5.75 Å². The molecule has 0 amide bonds. The Kier molecular flexibility index (Phi) is 5.91. The zero-order valence-corrected chi connectivity index (χ0v) is 16.3. The summed E-state index contributed by atoms with van der Waals surface area (Å²) in [6, 6.07) is 18.0. The van der Waals surface area contributed by atoms with Crippen molar-refractivity contribution in [1.82, 2.24) is 9.97 Å². The predicted octanol–water partition coefficient (Wildman–Crippen LogP) is 5.62. The van der Waals surface area contributed by atoms with Gasteiger partial charge in [0, 0.05) is 17.4 Å². The molecule has 1 heterocycles. The van der Waals surface area contributed by atoms with Crippen molar-refractivity contribution in [2.24, 2.45) is 0 Å². The van der Waals surface area contributed by atoms with E-state index in [-0.39, 0.29) is 6.10 Å². The largest absolute Gasteiger partial charge is 0.489 e. The van der Waals surface area contributed by atoms with E-state index >= 15 is 0 Å². The number of hydrogen-bond donors (Lipinski definition) is 2. The maximum Gasteiger partial charge on any atom is 0.229 e. The first-order valence-electron chi connectivity index (χ1n) is 9.28. The maximum absolute atomic E-state index is 5.87. The van der Waals surface area contributed by atoms with Crippen molar-refractivity contribution in [1.29, 1.82) is 0 Å². The Bertz CT molecular complexity index is 908. The molecule has 0 aliphatic heterocycles. The van der Waals surface area contributed by atoms with Crippen LogP contribution in [-0.4, -0.2) is 16.1 Å². The highest BCUT2D eigenvalue weighted by atomic mass is 16.5. The molecule has 0 saturated heterocycles. The number of nitrogens with zero attached hydrogens (tertiary/aromatic N) is 2. The van der Waals surface area contributed by atoms with E-state index < -0.39 is 0 Å². The lowest BCUT2D eigenvalue weighted by molar-refractivity contribution is 0.244. The van der Waals surface area contributed by atoms with Gasteiger partial charge in [0.1, 0.15) is 11.6 Å². The van der Waals surface area contributed by atoms with Crippen molar-refractivity contribution < 1.29 is 4.74 Å². The molecule has 3 rings (SSSR count). The number of anilines is 4.